The Labute approximate surface area is 123 Å². The van der Waals surface area contributed by atoms with Crippen LogP contribution in [-0.2, 0) is 0 Å². The first-order chi connectivity index (χ1) is 9.60. The van der Waals surface area contributed by atoms with Crippen LogP contribution in [0.5, 0.6) is 0 Å². The molecule has 0 saturated carbocycles. The molecule has 1 amide bonds. The van der Waals surface area contributed by atoms with Gasteiger partial charge in [0.25, 0.3) is 5.91 Å². The molecule has 0 unspecified atom stereocenters. The number of nitrogens with zero attached hydrogens (tertiary/aromatic N) is 2. The second kappa shape index (κ2) is 6.52. The molecule has 1 heterocycles. The summed E-state index contributed by atoms with van der Waals surface area (Å²) in [6.45, 7) is 4.27. The monoisotopic (exact) mass is 287 g/mol. The number of hydrogen-bond acceptors (Lipinski definition) is 4. The molecule has 2 rings (SSSR count). The Morgan fingerprint density at radius 3 is 2.25 bits per heavy atom. The summed E-state index contributed by atoms with van der Waals surface area (Å²) in [6, 6.07) is 7.86. The Balaban J connectivity index is 2.06. The third-order valence-corrected chi connectivity index (χ3v) is 3.48. The van der Waals surface area contributed by atoms with Crippen molar-refractivity contribution in [3.05, 3.63) is 47.8 Å². The van der Waals surface area contributed by atoms with E-state index in [1.54, 1.807) is 0 Å². The zero-order chi connectivity index (χ0) is 14.5. The normalized spacial score (nSPS) is 10.6. The molecule has 4 nitrogen and oxygen atoms in total. The molecule has 0 aliphatic rings. The summed E-state index contributed by atoms with van der Waals surface area (Å²) in [6.07, 6.45) is 4.97. The first-order valence-electron chi connectivity index (χ1n) is 6.37. The number of rotatable bonds is 4. The van der Waals surface area contributed by atoms with E-state index in [1.165, 1.54) is 29.7 Å². The minimum atomic E-state index is -0.199. The van der Waals surface area contributed by atoms with Crippen molar-refractivity contribution in [2.45, 2.75) is 24.9 Å². The van der Waals surface area contributed by atoms with E-state index in [0.29, 0.717) is 16.6 Å². The van der Waals surface area contributed by atoms with Crippen molar-refractivity contribution in [2.24, 2.45) is 0 Å². The van der Waals surface area contributed by atoms with Crippen LogP contribution in [0, 0.1) is 0 Å². The molecule has 0 atom stereocenters. The molecule has 0 radical (unpaired) electrons. The SMILES string of the molecule is CSc1ncc(C(=O)Nc2ccc(C(C)C)cc2)cn1. The van der Waals surface area contributed by atoms with Gasteiger partial charge in [-0.3, -0.25) is 4.79 Å². The molecule has 0 fully saturated rings. The van der Waals surface area contributed by atoms with Gasteiger partial charge in [0.05, 0.1) is 5.56 Å². The Morgan fingerprint density at radius 2 is 1.75 bits per heavy atom. The molecule has 0 aliphatic heterocycles. The molecule has 1 N–H and O–H groups in total. The van der Waals surface area contributed by atoms with Gasteiger partial charge in [0.2, 0.25) is 0 Å². The zero-order valence-corrected chi connectivity index (χ0v) is 12.6. The highest BCUT2D eigenvalue weighted by atomic mass is 32.2. The number of nitrogens with one attached hydrogen (secondary N) is 1. The predicted molar refractivity (Wildman–Crippen MR) is 82.3 cm³/mol. The van der Waals surface area contributed by atoms with Crippen molar-refractivity contribution in [3.63, 3.8) is 0 Å². The number of thioether (sulfide) groups is 1. The van der Waals surface area contributed by atoms with Gasteiger partial charge in [0.1, 0.15) is 0 Å². The van der Waals surface area contributed by atoms with Gasteiger partial charge in [-0.25, -0.2) is 9.97 Å². The Morgan fingerprint density at radius 1 is 1.15 bits per heavy atom. The topological polar surface area (TPSA) is 54.9 Å². The first kappa shape index (κ1) is 14.5. The lowest BCUT2D eigenvalue weighted by Crippen LogP contribution is -2.12. The molecule has 20 heavy (non-hydrogen) atoms. The van der Waals surface area contributed by atoms with Gasteiger partial charge >= 0.3 is 0 Å². The summed E-state index contributed by atoms with van der Waals surface area (Å²) in [4.78, 5) is 20.2. The number of carbonyl (C=O) groups is 1. The van der Waals surface area contributed by atoms with Crippen LogP contribution in [0.3, 0.4) is 0 Å². The molecule has 0 saturated heterocycles. The summed E-state index contributed by atoms with van der Waals surface area (Å²) >= 11 is 1.44. The third-order valence-electron chi connectivity index (χ3n) is 2.91. The summed E-state index contributed by atoms with van der Waals surface area (Å²) in [5, 5.41) is 3.49. The highest BCUT2D eigenvalue weighted by Gasteiger charge is 2.08. The van der Waals surface area contributed by atoms with Crippen LogP contribution in [0.4, 0.5) is 5.69 Å². The second-order valence-corrected chi connectivity index (χ2v) is 5.46. The number of aromatic nitrogens is 2. The van der Waals surface area contributed by atoms with E-state index in [0.717, 1.165) is 5.69 Å². The Kier molecular flexibility index (Phi) is 4.74. The van der Waals surface area contributed by atoms with Crippen molar-refractivity contribution in [3.8, 4) is 0 Å². The van der Waals surface area contributed by atoms with E-state index < -0.39 is 0 Å². The van der Waals surface area contributed by atoms with Crippen molar-refractivity contribution in [2.75, 3.05) is 11.6 Å². The number of anilines is 1. The van der Waals surface area contributed by atoms with Gasteiger partial charge in [0, 0.05) is 18.1 Å². The maximum atomic E-state index is 12.0. The average Bonchev–Trinajstić information content (AvgIpc) is 2.48. The zero-order valence-electron chi connectivity index (χ0n) is 11.8. The summed E-state index contributed by atoms with van der Waals surface area (Å²) < 4.78 is 0. The molecule has 0 aliphatic carbocycles. The quantitative estimate of drug-likeness (QED) is 0.690. The lowest BCUT2D eigenvalue weighted by atomic mass is 10.0. The fourth-order valence-electron chi connectivity index (χ4n) is 1.69. The number of amides is 1. The van der Waals surface area contributed by atoms with E-state index in [-0.39, 0.29) is 5.91 Å². The molecular weight excluding hydrogens is 270 g/mol. The van der Waals surface area contributed by atoms with E-state index in [4.69, 9.17) is 0 Å². The molecule has 2 aromatic rings. The van der Waals surface area contributed by atoms with E-state index in [2.05, 4.69) is 29.1 Å². The fourth-order valence-corrected chi connectivity index (χ4v) is 2.01. The molecular formula is C15H17N3OS. The lowest BCUT2D eigenvalue weighted by Gasteiger charge is -2.08. The van der Waals surface area contributed by atoms with Gasteiger partial charge in [-0.05, 0) is 29.9 Å². The Bertz CT molecular complexity index is 579. The van der Waals surface area contributed by atoms with E-state index in [1.807, 2.05) is 30.5 Å². The van der Waals surface area contributed by atoms with Crippen LogP contribution >= 0.6 is 11.8 Å². The van der Waals surface area contributed by atoms with Crippen molar-refractivity contribution < 1.29 is 4.79 Å². The average molecular weight is 287 g/mol. The molecule has 0 spiro atoms. The maximum Gasteiger partial charge on any atom is 0.258 e. The predicted octanol–water partition coefficient (Wildman–Crippen LogP) is 3.57. The number of benzene rings is 1. The molecule has 5 heteroatoms. The van der Waals surface area contributed by atoms with Crippen LogP contribution in [0.25, 0.3) is 0 Å². The third kappa shape index (κ3) is 3.57. The smallest absolute Gasteiger partial charge is 0.258 e. The molecule has 1 aromatic heterocycles. The maximum absolute atomic E-state index is 12.0. The van der Waals surface area contributed by atoms with Crippen LogP contribution in [-0.4, -0.2) is 22.1 Å². The fraction of sp³-hybridized carbons (Fsp3) is 0.267. The van der Waals surface area contributed by atoms with Gasteiger partial charge in [-0.15, -0.1) is 0 Å². The van der Waals surface area contributed by atoms with Crippen molar-refractivity contribution in [1.29, 1.82) is 0 Å². The largest absolute Gasteiger partial charge is 0.322 e. The van der Waals surface area contributed by atoms with Gasteiger partial charge in [0.15, 0.2) is 5.16 Å². The first-order valence-corrected chi connectivity index (χ1v) is 7.60. The van der Waals surface area contributed by atoms with Crippen LogP contribution in [0.15, 0.2) is 41.8 Å². The van der Waals surface area contributed by atoms with Crippen molar-refractivity contribution >= 4 is 23.4 Å². The van der Waals surface area contributed by atoms with E-state index in [9.17, 15) is 4.79 Å². The molecule has 0 bridgehead atoms. The number of hydrogen-bond donors (Lipinski definition) is 1. The second-order valence-electron chi connectivity index (χ2n) is 4.69. The summed E-state index contributed by atoms with van der Waals surface area (Å²) in [5.41, 5.74) is 2.47. The highest BCUT2D eigenvalue weighted by molar-refractivity contribution is 7.98. The Hall–Kier alpha value is -1.88. The minimum absolute atomic E-state index is 0.199. The van der Waals surface area contributed by atoms with Gasteiger partial charge < -0.3 is 5.32 Å². The summed E-state index contributed by atoms with van der Waals surface area (Å²) in [5.74, 6) is 0.280. The van der Waals surface area contributed by atoms with Crippen molar-refractivity contribution in [1.82, 2.24) is 9.97 Å². The van der Waals surface area contributed by atoms with Gasteiger partial charge in [-0.2, -0.15) is 0 Å². The summed E-state index contributed by atoms with van der Waals surface area (Å²) in [7, 11) is 0. The lowest BCUT2D eigenvalue weighted by molar-refractivity contribution is 0.102. The molecule has 104 valence electrons. The minimum Gasteiger partial charge on any atom is -0.322 e. The van der Waals surface area contributed by atoms with Crippen LogP contribution in [0.2, 0.25) is 0 Å². The van der Waals surface area contributed by atoms with Gasteiger partial charge in [-0.1, -0.05) is 37.7 Å². The molecule has 1 aromatic carbocycles. The van der Waals surface area contributed by atoms with E-state index >= 15 is 0 Å². The van der Waals surface area contributed by atoms with Crippen LogP contribution < -0.4 is 5.32 Å². The standard InChI is InChI=1S/C15H17N3OS/c1-10(2)11-4-6-13(7-5-11)18-14(19)12-8-16-15(20-3)17-9-12/h4-10H,1-3H3,(H,18,19). The van der Waals surface area contributed by atoms with Crippen LogP contribution in [0.1, 0.15) is 35.7 Å². The number of carbonyl (C=O) groups excluding carboxylic acids is 1. The highest BCUT2D eigenvalue weighted by Crippen LogP contribution is 2.17.